The maximum absolute atomic E-state index is 12.2. The summed E-state index contributed by atoms with van der Waals surface area (Å²) < 4.78 is 5.11. The van der Waals surface area contributed by atoms with Crippen LogP contribution < -0.4 is 15.8 Å². The van der Waals surface area contributed by atoms with Crippen molar-refractivity contribution in [3.8, 4) is 5.75 Å². The van der Waals surface area contributed by atoms with Crippen molar-refractivity contribution in [3.63, 3.8) is 0 Å². The molecule has 0 unspecified atom stereocenters. The number of hydrogen-bond donors (Lipinski definition) is 2. The maximum atomic E-state index is 12.2. The molecule has 6 heteroatoms. The van der Waals surface area contributed by atoms with Crippen molar-refractivity contribution in [3.05, 3.63) is 29.8 Å². The highest BCUT2D eigenvalue weighted by molar-refractivity contribution is 5.87. The van der Waals surface area contributed by atoms with Gasteiger partial charge in [0, 0.05) is 13.1 Å². The molecule has 0 heterocycles. The number of nitrogens with two attached hydrogens (primary N) is 1. The fourth-order valence-electron chi connectivity index (χ4n) is 2.02. The lowest BCUT2D eigenvalue weighted by atomic mass is 10.1. The molecule has 0 aliphatic heterocycles. The summed E-state index contributed by atoms with van der Waals surface area (Å²) >= 11 is 0. The summed E-state index contributed by atoms with van der Waals surface area (Å²) in [6, 6.07) is 6.96. The van der Waals surface area contributed by atoms with Gasteiger partial charge in [-0.3, -0.25) is 9.59 Å². The quantitative estimate of drug-likeness (QED) is 0.752. The lowest BCUT2D eigenvalue weighted by molar-refractivity contribution is -0.133. The van der Waals surface area contributed by atoms with E-state index >= 15 is 0 Å². The molecule has 1 rings (SSSR count). The molecule has 23 heavy (non-hydrogen) atoms. The van der Waals surface area contributed by atoms with Gasteiger partial charge in [-0.05, 0) is 30.5 Å². The van der Waals surface area contributed by atoms with Gasteiger partial charge in [0.15, 0.2) is 0 Å². The lowest BCUT2D eigenvalue weighted by Gasteiger charge is -2.22. The van der Waals surface area contributed by atoms with Gasteiger partial charge >= 0.3 is 0 Å². The van der Waals surface area contributed by atoms with Crippen LogP contribution in [0.3, 0.4) is 0 Å². The van der Waals surface area contributed by atoms with E-state index in [2.05, 4.69) is 5.32 Å². The maximum Gasteiger partial charge on any atom is 0.242 e. The van der Waals surface area contributed by atoms with Crippen LogP contribution in [0.15, 0.2) is 24.3 Å². The molecule has 0 saturated carbocycles. The van der Waals surface area contributed by atoms with E-state index < -0.39 is 6.04 Å². The Bertz CT molecular complexity index is 514. The molecule has 1 aromatic rings. The molecule has 0 spiro atoms. The Morgan fingerprint density at radius 1 is 1.26 bits per heavy atom. The highest BCUT2D eigenvalue weighted by Crippen LogP contribution is 2.13. The third kappa shape index (κ3) is 5.90. The van der Waals surface area contributed by atoms with E-state index in [9.17, 15) is 9.59 Å². The predicted octanol–water partition coefficient (Wildman–Crippen LogP) is 1.14. The first-order valence-electron chi connectivity index (χ1n) is 7.83. The first-order valence-corrected chi connectivity index (χ1v) is 7.83. The van der Waals surface area contributed by atoms with Gasteiger partial charge < -0.3 is 20.7 Å². The Morgan fingerprint density at radius 3 is 2.35 bits per heavy atom. The summed E-state index contributed by atoms with van der Waals surface area (Å²) in [5.41, 5.74) is 6.76. The highest BCUT2D eigenvalue weighted by atomic mass is 16.5. The van der Waals surface area contributed by atoms with Gasteiger partial charge in [0.1, 0.15) is 5.75 Å². The number of amides is 2. The molecule has 0 radical (unpaired) electrons. The molecule has 128 valence electrons. The number of nitrogens with one attached hydrogen (secondary N) is 1. The minimum Gasteiger partial charge on any atom is -0.497 e. The number of benzene rings is 1. The van der Waals surface area contributed by atoms with E-state index in [1.165, 1.54) is 0 Å². The largest absolute Gasteiger partial charge is 0.497 e. The third-order valence-corrected chi connectivity index (χ3v) is 3.70. The molecule has 0 aromatic heterocycles. The number of carbonyl (C=O) groups excluding carboxylic acids is 2. The summed E-state index contributed by atoms with van der Waals surface area (Å²) in [6.07, 6.45) is 0. The van der Waals surface area contributed by atoms with Crippen LogP contribution in [0.2, 0.25) is 0 Å². The van der Waals surface area contributed by atoms with E-state index in [4.69, 9.17) is 10.5 Å². The number of likely N-dealkylation sites (N-methyl/N-ethyl adjacent to an activating group) is 1. The first kappa shape index (κ1) is 19.0. The number of ether oxygens (including phenoxy) is 1. The van der Waals surface area contributed by atoms with E-state index in [1.54, 1.807) is 12.0 Å². The normalized spacial score (nSPS) is 11.9. The summed E-state index contributed by atoms with van der Waals surface area (Å²) in [5.74, 6) is 0.381. The Morgan fingerprint density at radius 2 is 1.87 bits per heavy atom. The standard InChI is InChI=1S/C17H27N3O3/c1-5-20(11-13-6-8-14(23-4)9-7-13)15(21)10-19-17(22)16(18)12(2)3/h6-9,12,16H,5,10-11,18H2,1-4H3,(H,19,22)/t16-/m0/s1. The average Bonchev–Trinajstić information content (AvgIpc) is 2.56. The zero-order valence-electron chi connectivity index (χ0n) is 14.3. The van der Waals surface area contributed by atoms with Gasteiger partial charge in [-0.1, -0.05) is 26.0 Å². The van der Waals surface area contributed by atoms with E-state index in [0.29, 0.717) is 13.1 Å². The van der Waals surface area contributed by atoms with Gasteiger partial charge in [-0.2, -0.15) is 0 Å². The average molecular weight is 321 g/mol. The molecular formula is C17H27N3O3. The van der Waals surface area contributed by atoms with Crippen LogP contribution in [0.25, 0.3) is 0 Å². The van der Waals surface area contributed by atoms with Gasteiger partial charge in [0.05, 0.1) is 19.7 Å². The van der Waals surface area contributed by atoms with Crippen LogP contribution >= 0.6 is 0 Å². The van der Waals surface area contributed by atoms with Crippen LogP contribution in [0, 0.1) is 5.92 Å². The van der Waals surface area contributed by atoms with Crippen molar-refractivity contribution >= 4 is 11.8 Å². The number of nitrogens with zero attached hydrogens (tertiary/aromatic N) is 1. The molecule has 1 aromatic carbocycles. The smallest absolute Gasteiger partial charge is 0.242 e. The second-order valence-electron chi connectivity index (χ2n) is 5.74. The molecule has 6 nitrogen and oxygen atoms in total. The summed E-state index contributed by atoms with van der Waals surface area (Å²) in [4.78, 5) is 25.7. The van der Waals surface area contributed by atoms with Crippen molar-refractivity contribution < 1.29 is 14.3 Å². The van der Waals surface area contributed by atoms with Crippen LogP contribution in [0.1, 0.15) is 26.3 Å². The van der Waals surface area contributed by atoms with E-state index in [0.717, 1.165) is 11.3 Å². The molecule has 3 N–H and O–H groups in total. The van der Waals surface area contributed by atoms with Gasteiger partial charge in [-0.15, -0.1) is 0 Å². The second-order valence-corrected chi connectivity index (χ2v) is 5.74. The second kappa shape index (κ2) is 9.15. The Hall–Kier alpha value is -2.08. The molecule has 0 bridgehead atoms. The monoisotopic (exact) mass is 321 g/mol. The van der Waals surface area contributed by atoms with Crippen molar-refractivity contribution in [1.82, 2.24) is 10.2 Å². The summed E-state index contributed by atoms with van der Waals surface area (Å²) in [7, 11) is 1.61. The Balaban J connectivity index is 2.56. The van der Waals surface area contributed by atoms with Gasteiger partial charge in [0.25, 0.3) is 0 Å². The molecular weight excluding hydrogens is 294 g/mol. The number of methoxy groups -OCH3 is 1. The fourth-order valence-corrected chi connectivity index (χ4v) is 2.02. The topological polar surface area (TPSA) is 84.7 Å². The van der Waals surface area contributed by atoms with Crippen LogP contribution in [-0.4, -0.2) is 43.0 Å². The minimum absolute atomic E-state index is 0.0340. The van der Waals surface area contributed by atoms with Crippen molar-refractivity contribution in [1.29, 1.82) is 0 Å². The minimum atomic E-state index is -0.598. The Kier molecular flexibility index (Phi) is 7.54. The van der Waals surface area contributed by atoms with Crippen LogP contribution in [0.5, 0.6) is 5.75 Å². The zero-order chi connectivity index (χ0) is 17.4. The fraction of sp³-hybridized carbons (Fsp3) is 0.529. The van der Waals surface area contributed by atoms with Crippen LogP contribution in [-0.2, 0) is 16.1 Å². The summed E-state index contributed by atoms with van der Waals surface area (Å²) in [5, 5.41) is 2.61. The molecule has 0 saturated heterocycles. The predicted molar refractivity (Wildman–Crippen MR) is 89.9 cm³/mol. The molecule has 1 atom stereocenters. The number of rotatable bonds is 8. The number of carbonyl (C=O) groups is 2. The molecule has 0 aliphatic rings. The van der Waals surface area contributed by atoms with Crippen molar-refractivity contribution in [2.24, 2.45) is 11.7 Å². The molecule has 0 fully saturated rings. The SMILES string of the molecule is CCN(Cc1ccc(OC)cc1)C(=O)CNC(=O)[C@@H](N)C(C)C. The van der Waals surface area contributed by atoms with Crippen LogP contribution in [0.4, 0.5) is 0 Å². The number of hydrogen-bond acceptors (Lipinski definition) is 4. The van der Waals surface area contributed by atoms with Crippen molar-refractivity contribution in [2.45, 2.75) is 33.4 Å². The van der Waals surface area contributed by atoms with Crippen molar-refractivity contribution in [2.75, 3.05) is 20.2 Å². The molecule has 0 aliphatic carbocycles. The lowest BCUT2D eigenvalue weighted by Crippen LogP contribution is -2.47. The third-order valence-electron chi connectivity index (χ3n) is 3.70. The Labute approximate surface area is 138 Å². The zero-order valence-corrected chi connectivity index (χ0v) is 14.3. The highest BCUT2D eigenvalue weighted by Gasteiger charge is 2.19. The van der Waals surface area contributed by atoms with Gasteiger partial charge in [-0.25, -0.2) is 0 Å². The molecule has 2 amide bonds. The first-order chi connectivity index (χ1) is 10.9. The summed E-state index contributed by atoms with van der Waals surface area (Å²) in [6.45, 7) is 6.66. The van der Waals surface area contributed by atoms with Gasteiger partial charge in [0.2, 0.25) is 11.8 Å². The van der Waals surface area contributed by atoms with E-state index in [-0.39, 0.29) is 24.3 Å². The van der Waals surface area contributed by atoms with E-state index in [1.807, 2.05) is 45.0 Å².